The molecule has 0 atom stereocenters. The fourth-order valence-corrected chi connectivity index (χ4v) is 1.25. The van der Waals surface area contributed by atoms with Crippen LogP contribution in [-0.2, 0) is 0 Å². The quantitative estimate of drug-likeness (QED) is 0.187. The maximum Gasteiger partial charge on any atom is 0.0745 e. The predicted octanol–water partition coefficient (Wildman–Crippen LogP) is 4.13. The molecule has 16 heavy (non-hydrogen) atoms. The van der Waals surface area contributed by atoms with Crippen molar-refractivity contribution in [2.45, 2.75) is 6.42 Å². The predicted molar refractivity (Wildman–Crippen MR) is 68.8 cm³/mol. The van der Waals surface area contributed by atoms with Crippen LogP contribution in [0.25, 0.3) is 16.5 Å². The molecule has 0 aliphatic carbocycles. The van der Waals surface area contributed by atoms with Crippen molar-refractivity contribution < 1.29 is 0 Å². The van der Waals surface area contributed by atoms with Gasteiger partial charge in [-0.3, -0.25) is 0 Å². The van der Waals surface area contributed by atoms with Crippen molar-refractivity contribution in [2.75, 3.05) is 6.54 Å². The topological polar surface area (TPSA) is 61.1 Å². The van der Waals surface area contributed by atoms with Crippen LogP contribution in [0.15, 0.2) is 40.4 Å². The molecule has 0 bridgehead atoms. The Morgan fingerprint density at radius 1 is 1.50 bits per heavy atom. The highest BCUT2D eigenvalue weighted by molar-refractivity contribution is 7.78. The molecule has 0 N–H and O–H groups in total. The molecule has 1 aromatic rings. The van der Waals surface area contributed by atoms with Crippen LogP contribution < -0.4 is 0 Å². The van der Waals surface area contributed by atoms with E-state index >= 15 is 0 Å². The van der Waals surface area contributed by atoms with Crippen LogP contribution >= 0.6 is 12.2 Å². The van der Waals surface area contributed by atoms with Crippen molar-refractivity contribution in [1.29, 1.82) is 0 Å². The summed E-state index contributed by atoms with van der Waals surface area (Å²) in [6.07, 6.45) is 4.63. The van der Waals surface area contributed by atoms with Gasteiger partial charge in [0.05, 0.1) is 10.8 Å². The lowest BCUT2D eigenvalue weighted by atomic mass is 10.2. The summed E-state index contributed by atoms with van der Waals surface area (Å²) in [7, 11) is 0. The lowest BCUT2D eigenvalue weighted by Crippen LogP contribution is -1.74. The van der Waals surface area contributed by atoms with Gasteiger partial charge in [0.25, 0.3) is 0 Å². The van der Waals surface area contributed by atoms with Gasteiger partial charge in [0.15, 0.2) is 0 Å². The van der Waals surface area contributed by atoms with E-state index in [2.05, 4.69) is 32.4 Å². The molecule has 4 nitrogen and oxygen atoms in total. The normalized spacial score (nSPS) is 9.50. The molecule has 0 radical (unpaired) electrons. The third kappa shape index (κ3) is 4.53. The van der Waals surface area contributed by atoms with Gasteiger partial charge in [0.2, 0.25) is 0 Å². The van der Waals surface area contributed by atoms with Crippen LogP contribution in [0.2, 0.25) is 0 Å². The molecule has 1 rings (SSSR count). The zero-order chi connectivity index (χ0) is 11.6. The Morgan fingerprint density at radius 2 is 2.38 bits per heavy atom. The van der Waals surface area contributed by atoms with Gasteiger partial charge in [0, 0.05) is 11.5 Å². The van der Waals surface area contributed by atoms with Crippen molar-refractivity contribution in [2.24, 2.45) is 10.1 Å². The van der Waals surface area contributed by atoms with Gasteiger partial charge in [-0.1, -0.05) is 29.4 Å². The number of isothiocyanates is 1. The minimum absolute atomic E-state index is 0.477. The maximum atomic E-state index is 8.08. The number of aliphatic imine (C=N–C) groups is 1. The summed E-state index contributed by atoms with van der Waals surface area (Å²) in [6, 6.07) is 7.63. The summed E-state index contributed by atoms with van der Waals surface area (Å²) in [6.45, 7) is 0.477. The zero-order valence-electron chi connectivity index (χ0n) is 8.58. The number of azide groups is 1. The Hall–Kier alpha value is -1.93. The molecule has 0 amide bonds. The molecule has 0 aliphatic rings. The minimum Gasteiger partial charge on any atom is -0.195 e. The molecule has 0 heterocycles. The van der Waals surface area contributed by atoms with E-state index in [0.29, 0.717) is 6.54 Å². The third-order valence-electron chi connectivity index (χ3n) is 1.81. The van der Waals surface area contributed by atoms with E-state index in [9.17, 15) is 0 Å². The molecule has 5 heteroatoms. The van der Waals surface area contributed by atoms with Crippen molar-refractivity contribution in [3.8, 4) is 0 Å². The smallest absolute Gasteiger partial charge is 0.0745 e. The number of thiocarbonyl (C=S) groups is 1. The van der Waals surface area contributed by atoms with E-state index in [-0.39, 0.29) is 0 Å². The third-order valence-corrected chi connectivity index (χ3v) is 1.91. The lowest BCUT2D eigenvalue weighted by Gasteiger charge is -1.94. The number of rotatable bonds is 5. The van der Waals surface area contributed by atoms with Crippen LogP contribution in [-0.4, -0.2) is 11.7 Å². The Labute approximate surface area is 99.0 Å². The Bertz CT molecular complexity index is 469. The van der Waals surface area contributed by atoms with Crippen molar-refractivity contribution in [3.63, 3.8) is 0 Å². The van der Waals surface area contributed by atoms with E-state index in [1.165, 1.54) is 0 Å². The molecular weight excluding hydrogens is 220 g/mol. The van der Waals surface area contributed by atoms with E-state index in [1.807, 2.05) is 36.4 Å². The minimum atomic E-state index is 0.477. The second-order valence-electron chi connectivity index (χ2n) is 2.94. The molecule has 1 aromatic carbocycles. The Balaban J connectivity index is 2.62. The van der Waals surface area contributed by atoms with Crippen molar-refractivity contribution in [3.05, 3.63) is 46.3 Å². The van der Waals surface area contributed by atoms with Crippen LogP contribution in [0.4, 0.5) is 5.69 Å². The highest BCUT2D eigenvalue weighted by Crippen LogP contribution is 2.14. The standard InChI is InChI=1S/C11H10N4S/c12-15-14-7-2-1-4-10-5-3-6-11(8-10)13-9-16/h1,3-6,8H,2,7H2. The van der Waals surface area contributed by atoms with Gasteiger partial charge in [-0.15, -0.1) is 0 Å². The first-order valence-electron chi connectivity index (χ1n) is 4.72. The molecule has 0 fully saturated rings. The fourth-order valence-electron chi connectivity index (χ4n) is 1.15. The van der Waals surface area contributed by atoms with E-state index < -0.39 is 0 Å². The average Bonchev–Trinajstić information content (AvgIpc) is 2.30. The molecule has 0 unspecified atom stereocenters. The first-order chi connectivity index (χ1) is 7.86. The van der Waals surface area contributed by atoms with Crippen LogP contribution in [0.1, 0.15) is 12.0 Å². The van der Waals surface area contributed by atoms with E-state index in [0.717, 1.165) is 17.7 Å². The monoisotopic (exact) mass is 230 g/mol. The molecule has 0 spiro atoms. The highest BCUT2D eigenvalue weighted by Gasteiger charge is 1.89. The van der Waals surface area contributed by atoms with Gasteiger partial charge < -0.3 is 0 Å². The first-order valence-corrected chi connectivity index (χ1v) is 5.13. The molecule has 0 saturated carbocycles. The molecule has 0 aliphatic heterocycles. The maximum absolute atomic E-state index is 8.08. The van der Waals surface area contributed by atoms with Gasteiger partial charge in [-0.05, 0) is 41.9 Å². The van der Waals surface area contributed by atoms with E-state index in [1.54, 1.807) is 0 Å². The van der Waals surface area contributed by atoms with E-state index in [4.69, 9.17) is 5.53 Å². The Morgan fingerprint density at radius 3 is 3.12 bits per heavy atom. The largest absolute Gasteiger partial charge is 0.195 e. The Kier molecular flexibility index (Phi) is 5.59. The van der Waals surface area contributed by atoms with Crippen LogP contribution in [0, 0.1) is 0 Å². The second-order valence-corrected chi connectivity index (χ2v) is 3.13. The molecule has 80 valence electrons. The fraction of sp³-hybridized carbons (Fsp3) is 0.182. The van der Waals surface area contributed by atoms with Crippen LogP contribution in [0.5, 0.6) is 0 Å². The summed E-state index contributed by atoms with van der Waals surface area (Å²) in [5, 5.41) is 5.76. The molecular formula is C11H10N4S. The summed E-state index contributed by atoms with van der Waals surface area (Å²) in [5.74, 6) is 0. The summed E-state index contributed by atoms with van der Waals surface area (Å²) >= 11 is 4.53. The van der Waals surface area contributed by atoms with Gasteiger partial charge in [-0.2, -0.15) is 4.99 Å². The van der Waals surface area contributed by atoms with Crippen molar-refractivity contribution >= 4 is 29.1 Å². The number of hydrogen-bond acceptors (Lipinski definition) is 3. The number of benzene rings is 1. The summed E-state index contributed by atoms with van der Waals surface area (Å²) < 4.78 is 0. The molecule has 0 aromatic heterocycles. The summed E-state index contributed by atoms with van der Waals surface area (Å²) in [5.41, 5.74) is 9.90. The zero-order valence-corrected chi connectivity index (χ0v) is 9.39. The summed E-state index contributed by atoms with van der Waals surface area (Å²) in [4.78, 5) is 6.56. The molecule has 0 saturated heterocycles. The van der Waals surface area contributed by atoms with Gasteiger partial charge >= 0.3 is 0 Å². The highest BCUT2D eigenvalue weighted by atomic mass is 32.1. The second kappa shape index (κ2) is 7.37. The number of nitrogens with zero attached hydrogens (tertiary/aromatic N) is 4. The van der Waals surface area contributed by atoms with Crippen molar-refractivity contribution in [1.82, 2.24) is 0 Å². The average molecular weight is 230 g/mol. The number of hydrogen-bond donors (Lipinski definition) is 0. The first kappa shape index (κ1) is 12.1. The lowest BCUT2D eigenvalue weighted by molar-refractivity contribution is 0.996. The van der Waals surface area contributed by atoms with Gasteiger partial charge in [0.1, 0.15) is 0 Å². The SMILES string of the molecule is [N-]=[N+]=NCCC=Cc1cccc(N=C=S)c1. The van der Waals surface area contributed by atoms with Gasteiger partial charge in [-0.25, -0.2) is 0 Å². The van der Waals surface area contributed by atoms with Crippen LogP contribution in [0.3, 0.4) is 0 Å².